The minimum atomic E-state index is 0.497. The topological polar surface area (TPSA) is 194 Å². The Bertz CT molecular complexity index is 4010. The molecule has 0 radical (unpaired) electrons. The number of aromatic nitrogens is 8. The van der Waals surface area contributed by atoms with Crippen molar-refractivity contribution in [3.63, 3.8) is 0 Å². The lowest BCUT2D eigenvalue weighted by Crippen LogP contribution is -2.36. The number of anilines is 6. The number of hydrogen-bond acceptors (Lipinski definition) is 17. The first-order valence-corrected chi connectivity index (χ1v) is 26.9. The van der Waals surface area contributed by atoms with Crippen LogP contribution in [0, 0.1) is 39.0 Å². The van der Waals surface area contributed by atoms with E-state index in [1.165, 1.54) is 0 Å². The number of nitriles is 1. The van der Waals surface area contributed by atoms with Gasteiger partial charge in [0.25, 0.3) is 0 Å². The van der Waals surface area contributed by atoms with Gasteiger partial charge in [0.05, 0.1) is 155 Å². The van der Waals surface area contributed by atoms with Crippen LogP contribution in [-0.2, 0) is 9.47 Å². The van der Waals surface area contributed by atoms with Gasteiger partial charge in [0.2, 0.25) is 0 Å². The van der Waals surface area contributed by atoms with E-state index in [1.54, 1.807) is 57.5 Å². The van der Waals surface area contributed by atoms with Gasteiger partial charge in [-0.05, 0) is 99.5 Å². The molecule has 0 saturated carbocycles. The molecule has 2 aromatic carbocycles. The molecule has 406 valence electrons. The van der Waals surface area contributed by atoms with E-state index in [0.29, 0.717) is 65.2 Å². The molecule has 12 rings (SSSR count). The van der Waals surface area contributed by atoms with Crippen molar-refractivity contribution in [2.24, 2.45) is 0 Å². The van der Waals surface area contributed by atoms with Gasteiger partial charge < -0.3 is 39.4 Å². The predicted octanol–water partition coefficient (Wildman–Crippen LogP) is 12.4. The quantitative estimate of drug-likeness (QED) is 0.117. The van der Waals surface area contributed by atoms with Gasteiger partial charge in [-0.2, -0.15) is 5.26 Å². The molecule has 17 nitrogen and oxygen atoms in total. The van der Waals surface area contributed by atoms with Crippen molar-refractivity contribution in [2.75, 3.05) is 87.3 Å². The van der Waals surface area contributed by atoms with Crippen LogP contribution in [-0.4, -0.2) is 107 Å². The number of fused-ring (bicyclic) bond motifs is 2. The van der Waals surface area contributed by atoms with Gasteiger partial charge in [-0.1, -0.05) is 35.9 Å². The summed E-state index contributed by atoms with van der Waals surface area (Å²) in [6.45, 7) is 14.0. The van der Waals surface area contributed by atoms with Gasteiger partial charge in [0.15, 0.2) is 0 Å². The SMILES string of the molecule is COc1cncc(-c2ncc(N3CCOCC3)cc2Nc2c(C)c(-c3cc(C)ccn3)nc3c(C#N)cccc23)c1.COc1cncc(-c2ncc(N3CCOCC3)cc2Nc2c(C)c(-c3cc(C)ccn3)nc3c(Cl)cccc23)c1. The number of ether oxygens (including phenoxy) is 4. The van der Waals surface area contributed by atoms with E-state index < -0.39 is 0 Å². The molecule has 0 aliphatic carbocycles. The maximum Gasteiger partial charge on any atom is 0.137 e. The number of para-hydroxylation sites is 2. The zero-order valence-corrected chi connectivity index (χ0v) is 46.5. The molecule has 0 amide bonds. The first-order valence-electron chi connectivity index (χ1n) is 26.5. The second-order valence-corrected chi connectivity index (χ2v) is 20.1. The summed E-state index contributed by atoms with van der Waals surface area (Å²) in [6.07, 6.45) is 14.3. The maximum absolute atomic E-state index is 9.94. The van der Waals surface area contributed by atoms with Crippen molar-refractivity contribution in [1.82, 2.24) is 39.9 Å². The Morgan fingerprint density at radius 2 is 1.01 bits per heavy atom. The third kappa shape index (κ3) is 11.4. The first kappa shape index (κ1) is 53.7. The number of methoxy groups -OCH3 is 2. The average molecular weight is 1100 g/mol. The van der Waals surface area contributed by atoms with Gasteiger partial charge in [-0.25, -0.2) is 9.97 Å². The molecule has 2 aliphatic rings. The van der Waals surface area contributed by atoms with Crippen LogP contribution in [0.4, 0.5) is 34.1 Å². The Morgan fingerprint density at radius 1 is 0.543 bits per heavy atom. The number of benzene rings is 2. The Kier molecular flexibility index (Phi) is 15.9. The molecule has 2 fully saturated rings. The highest BCUT2D eigenvalue weighted by atomic mass is 35.5. The number of aryl methyl sites for hydroxylation is 2. The lowest BCUT2D eigenvalue weighted by atomic mass is 10.0. The van der Waals surface area contributed by atoms with Crippen LogP contribution >= 0.6 is 11.6 Å². The second kappa shape index (κ2) is 23.9. The van der Waals surface area contributed by atoms with Crippen molar-refractivity contribution in [3.05, 3.63) is 167 Å². The lowest BCUT2D eigenvalue weighted by Gasteiger charge is -2.29. The van der Waals surface area contributed by atoms with Gasteiger partial charge in [0.1, 0.15) is 17.6 Å². The monoisotopic (exact) mass is 1100 g/mol. The van der Waals surface area contributed by atoms with Gasteiger partial charge in [0, 0.05) is 84.0 Å². The van der Waals surface area contributed by atoms with Crippen LogP contribution in [0.15, 0.2) is 135 Å². The summed E-state index contributed by atoms with van der Waals surface area (Å²) in [4.78, 5) is 42.3. The fraction of sp³-hybridized carbons (Fsp3) is 0.222. The highest BCUT2D eigenvalue weighted by molar-refractivity contribution is 6.35. The third-order valence-corrected chi connectivity index (χ3v) is 14.7. The number of hydrogen-bond donors (Lipinski definition) is 2. The number of morpholine rings is 2. The van der Waals surface area contributed by atoms with Crippen molar-refractivity contribution >= 4 is 67.5 Å². The van der Waals surface area contributed by atoms with E-state index in [0.717, 1.165) is 133 Å². The van der Waals surface area contributed by atoms with Crippen molar-refractivity contribution < 1.29 is 18.9 Å². The molecule has 2 saturated heterocycles. The summed E-state index contributed by atoms with van der Waals surface area (Å²) >= 11 is 6.70. The lowest BCUT2D eigenvalue weighted by molar-refractivity contribution is 0.122. The van der Waals surface area contributed by atoms with E-state index in [-0.39, 0.29) is 0 Å². The minimum absolute atomic E-state index is 0.497. The van der Waals surface area contributed by atoms with Gasteiger partial charge in [-0.3, -0.25) is 29.9 Å². The van der Waals surface area contributed by atoms with Crippen LogP contribution in [0.2, 0.25) is 5.02 Å². The summed E-state index contributed by atoms with van der Waals surface area (Å²) in [7, 11) is 3.25. The molecular formula is C63H58ClN13O4. The molecule has 10 heterocycles. The molecule has 81 heavy (non-hydrogen) atoms. The molecule has 0 bridgehead atoms. The van der Waals surface area contributed by atoms with E-state index in [4.69, 9.17) is 50.5 Å². The van der Waals surface area contributed by atoms with Crippen molar-refractivity contribution in [2.45, 2.75) is 27.7 Å². The molecule has 0 unspecified atom stereocenters. The number of rotatable bonds is 12. The van der Waals surface area contributed by atoms with Crippen LogP contribution in [0.1, 0.15) is 27.8 Å². The molecule has 0 spiro atoms. The van der Waals surface area contributed by atoms with Crippen LogP contribution in [0.5, 0.6) is 11.5 Å². The largest absolute Gasteiger partial charge is 0.495 e. The standard InChI is InChI=1S/C32H29N7O2.C31H29ClN6O2/c1-20-7-8-35-27(13-20)30-21(2)29(26-6-4-5-22(16-33)31(26)38-30)37-28-15-24(39-9-11-41-12-10-39)18-36-32(28)23-14-25(40-3)19-34-17-23;1-19-7-8-34-26(13-19)29-20(2)28(24-5-4-6-25(32)31(24)37-29)36-27-15-22(38-9-11-40-12-10-38)17-35-30(27)21-14-23(39-3)18-33-16-21/h4-8,13-15,17-19H,9-12H2,1-3H3,(H,37,38);4-8,13-18H,9-12H2,1-3H3,(H,36,37). The zero-order valence-electron chi connectivity index (χ0n) is 45.8. The summed E-state index contributed by atoms with van der Waals surface area (Å²) in [6, 6.07) is 29.9. The average Bonchev–Trinajstić information content (AvgIpc) is 3.51. The predicted molar refractivity (Wildman–Crippen MR) is 319 cm³/mol. The van der Waals surface area contributed by atoms with Crippen LogP contribution in [0.25, 0.3) is 67.1 Å². The highest BCUT2D eigenvalue weighted by Gasteiger charge is 2.23. The fourth-order valence-corrected chi connectivity index (χ4v) is 10.3. The normalized spacial score (nSPS) is 13.3. The first-order chi connectivity index (χ1) is 39.6. The fourth-order valence-electron chi connectivity index (χ4n) is 10.1. The third-order valence-electron chi connectivity index (χ3n) is 14.4. The zero-order chi connectivity index (χ0) is 56.0. The van der Waals surface area contributed by atoms with Crippen molar-refractivity contribution in [1.29, 1.82) is 5.26 Å². The molecule has 2 N–H and O–H groups in total. The van der Waals surface area contributed by atoms with Gasteiger partial charge in [-0.15, -0.1) is 0 Å². The molecule has 18 heteroatoms. The Hall–Kier alpha value is -9.34. The number of nitrogens with one attached hydrogen (secondary N) is 2. The summed E-state index contributed by atoms with van der Waals surface area (Å²) in [5, 5.41) is 19.7. The molecule has 2 aliphatic heterocycles. The Balaban J connectivity index is 0.000000170. The molecule has 10 aromatic rings. The summed E-state index contributed by atoms with van der Waals surface area (Å²) < 4.78 is 22.1. The molecular weight excluding hydrogens is 1040 g/mol. The number of pyridine rings is 8. The van der Waals surface area contributed by atoms with Crippen molar-refractivity contribution in [3.8, 4) is 62.9 Å². The number of halogens is 1. The summed E-state index contributed by atoms with van der Waals surface area (Å²) in [5.41, 5.74) is 17.4. The Labute approximate surface area is 474 Å². The van der Waals surface area contributed by atoms with E-state index in [2.05, 4.69) is 65.5 Å². The minimum Gasteiger partial charge on any atom is -0.495 e. The van der Waals surface area contributed by atoms with E-state index in [9.17, 15) is 5.26 Å². The second-order valence-electron chi connectivity index (χ2n) is 19.7. The highest BCUT2D eigenvalue weighted by Crippen LogP contribution is 2.42. The van der Waals surface area contributed by atoms with Crippen LogP contribution < -0.4 is 29.9 Å². The smallest absolute Gasteiger partial charge is 0.137 e. The van der Waals surface area contributed by atoms with E-state index in [1.807, 2.05) is 99.9 Å². The Morgan fingerprint density at radius 3 is 1.48 bits per heavy atom. The molecule has 8 aromatic heterocycles. The number of nitrogens with zero attached hydrogens (tertiary/aromatic N) is 11. The molecule has 0 atom stereocenters. The maximum atomic E-state index is 9.94. The summed E-state index contributed by atoms with van der Waals surface area (Å²) in [5.74, 6) is 1.30. The van der Waals surface area contributed by atoms with E-state index >= 15 is 0 Å². The van der Waals surface area contributed by atoms with Gasteiger partial charge >= 0.3 is 0 Å². The van der Waals surface area contributed by atoms with Crippen LogP contribution in [0.3, 0.4) is 0 Å².